The maximum absolute atomic E-state index is 12.6. The SMILES string of the molecule is O=C(CCc1nc2sc3c(c2c(=O)[nH]1)CCC3)N[C@@H]1CCSc2ccc(Cl)cc21. The number of hydrogen-bond donors (Lipinski definition) is 2. The lowest BCUT2D eigenvalue weighted by atomic mass is 10.0. The summed E-state index contributed by atoms with van der Waals surface area (Å²) in [7, 11) is 0. The largest absolute Gasteiger partial charge is 0.349 e. The van der Waals surface area contributed by atoms with Crippen molar-refractivity contribution in [2.75, 3.05) is 5.75 Å². The average molecular weight is 446 g/mol. The highest BCUT2D eigenvalue weighted by atomic mass is 35.5. The van der Waals surface area contributed by atoms with Crippen LogP contribution in [-0.4, -0.2) is 21.6 Å². The molecule has 8 heteroatoms. The van der Waals surface area contributed by atoms with Gasteiger partial charge in [-0.15, -0.1) is 23.1 Å². The van der Waals surface area contributed by atoms with Crippen LogP contribution in [-0.2, 0) is 24.1 Å². The molecule has 2 N–H and O–H groups in total. The lowest BCUT2D eigenvalue weighted by Crippen LogP contribution is -2.31. The van der Waals surface area contributed by atoms with Gasteiger partial charge in [0.05, 0.1) is 11.4 Å². The van der Waals surface area contributed by atoms with Crippen LogP contribution in [0.25, 0.3) is 10.2 Å². The fourth-order valence-electron chi connectivity index (χ4n) is 4.18. The second-order valence-corrected chi connectivity index (χ2v) is 10.1. The van der Waals surface area contributed by atoms with E-state index in [2.05, 4.69) is 15.3 Å². The zero-order valence-electron chi connectivity index (χ0n) is 15.7. The molecule has 1 aliphatic heterocycles. The first-order chi connectivity index (χ1) is 14.1. The molecule has 5 nitrogen and oxygen atoms in total. The van der Waals surface area contributed by atoms with E-state index in [0.29, 0.717) is 23.7 Å². The molecular formula is C21H20ClN3O2S2. The third kappa shape index (κ3) is 3.71. The van der Waals surface area contributed by atoms with Gasteiger partial charge in [0.1, 0.15) is 10.7 Å². The van der Waals surface area contributed by atoms with Crippen LogP contribution >= 0.6 is 34.7 Å². The smallest absolute Gasteiger partial charge is 0.259 e. The summed E-state index contributed by atoms with van der Waals surface area (Å²) in [5, 5.41) is 4.57. The number of carbonyl (C=O) groups excluding carboxylic acids is 1. The van der Waals surface area contributed by atoms with E-state index in [1.165, 1.54) is 15.3 Å². The third-order valence-electron chi connectivity index (χ3n) is 5.56. The molecule has 3 heterocycles. The molecule has 0 spiro atoms. The minimum Gasteiger partial charge on any atom is -0.349 e. The van der Waals surface area contributed by atoms with Crippen LogP contribution in [0, 0.1) is 0 Å². The molecule has 1 aliphatic carbocycles. The van der Waals surface area contributed by atoms with Crippen molar-refractivity contribution in [1.29, 1.82) is 0 Å². The van der Waals surface area contributed by atoms with E-state index in [0.717, 1.165) is 47.2 Å². The Labute approximate surface area is 181 Å². The number of rotatable bonds is 4. The summed E-state index contributed by atoms with van der Waals surface area (Å²) in [5.74, 6) is 1.51. The van der Waals surface area contributed by atoms with Crippen molar-refractivity contribution in [1.82, 2.24) is 15.3 Å². The van der Waals surface area contributed by atoms with E-state index in [1.54, 1.807) is 23.1 Å². The molecule has 150 valence electrons. The summed E-state index contributed by atoms with van der Waals surface area (Å²) in [6.45, 7) is 0. The zero-order valence-corrected chi connectivity index (χ0v) is 18.1. The number of thiophene rings is 1. The van der Waals surface area contributed by atoms with Gasteiger partial charge in [-0.25, -0.2) is 4.98 Å². The van der Waals surface area contributed by atoms with Crippen molar-refractivity contribution in [3.05, 3.63) is 55.4 Å². The van der Waals surface area contributed by atoms with Gasteiger partial charge in [-0.3, -0.25) is 9.59 Å². The maximum atomic E-state index is 12.6. The van der Waals surface area contributed by atoms with Crippen LogP contribution < -0.4 is 10.9 Å². The summed E-state index contributed by atoms with van der Waals surface area (Å²) < 4.78 is 0. The molecular weight excluding hydrogens is 426 g/mol. The van der Waals surface area contributed by atoms with E-state index in [9.17, 15) is 9.59 Å². The number of fused-ring (bicyclic) bond motifs is 4. The van der Waals surface area contributed by atoms with Gasteiger partial charge < -0.3 is 10.3 Å². The van der Waals surface area contributed by atoms with E-state index < -0.39 is 0 Å². The Kier molecular flexibility index (Phi) is 5.14. The molecule has 0 bridgehead atoms. The standard InChI is InChI=1S/C21H20ClN3O2S2/c22-11-4-5-15-13(10-11)14(8-9-28-15)23-18(26)7-6-17-24-20(27)19-12-2-1-3-16(12)29-21(19)25-17/h4-5,10,14H,1-3,6-9H2,(H,23,26)(H,24,25,27)/t14-/m1/s1. The third-order valence-corrected chi connectivity index (χ3v) is 8.10. The highest BCUT2D eigenvalue weighted by Crippen LogP contribution is 2.37. The van der Waals surface area contributed by atoms with Crippen molar-refractivity contribution in [2.45, 2.75) is 49.5 Å². The normalized spacial score (nSPS) is 17.9. The molecule has 5 rings (SSSR count). The molecule has 1 aromatic carbocycles. The first kappa shape index (κ1) is 19.2. The fourth-order valence-corrected chi connectivity index (χ4v) is 6.75. The van der Waals surface area contributed by atoms with Crippen molar-refractivity contribution >= 4 is 50.8 Å². The summed E-state index contributed by atoms with van der Waals surface area (Å²) in [6.07, 6.45) is 4.71. The second-order valence-electron chi connectivity index (χ2n) is 7.49. The minimum absolute atomic E-state index is 0.0211. The van der Waals surface area contributed by atoms with Crippen LogP contribution in [0.3, 0.4) is 0 Å². The molecule has 1 atom stereocenters. The van der Waals surface area contributed by atoms with Crippen LogP contribution in [0.2, 0.25) is 5.02 Å². The number of thioether (sulfide) groups is 1. The van der Waals surface area contributed by atoms with Gasteiger partial charge in [0.2, 0.25) is 5.91 Å². The van der Waals surface area contributed by atoms with E-state index in [1.807, 2.05) is 18.2 Å². The molecule has 0 saturated heterocycles. The molecule has 0 unspecified atom stereocenters. The Morgan fingerprint density at radius 2 is 2.24 bits per heavy atom. The number of amides is 1. The van der Waals surface area contributed by atoms with Gasteiger partial charge in [-0.05, 0) is 55.0 Å². The van der Waals surface area contributed by atoms with Crippen molar-refractivity contribution in [2.24, 2.45) is 0 Å². The number of halogens is 1. The van der Waals surface area contributed by atoms with Gasteiger partial charge in [0.25, 0.3) is 5.56 Å². The number of nitrogens with zero attached hydrogens (tertiary/aromatic N) is 1. The maximum Gasteiger partial charge on any atom is 0.259 e. The molecule has 1 amide bonds. The number of nitrogens with one attached hydrogen (secondary N) is 2. The Bertz CT molecular complexity index is 1170. The first-order valence-corrected chi connectivity index (χ1v) is 12.0. The lowest BCUT2D eigenvalue weighted by Gasteiger charge is -2.26. The van der Waals surface area contributed by atoms with E-state index >= 15 is 0 Å². The molecule has 0 fully saturated rings. The second kappa shape index (κ2) is 7.78. The highest BCUT2D eigenvalue weighted by Gasteiger charge is 2.23. The molecule has 2 aliphatic rings. The highest BCUT2D eigenvalue weighted by molar-refractivity contribution is 7.99. The van der Waals surface area contributed by atoms with Crippen LogP contribution in [0.4, 0.5) is 0 Å². The number of hydrogen-bond acceptors (Lipinski definition) is 5. The van der Waals surface area contributed by atoms with E-state index in [4.69, 9.17) is 11.6 Å². The molecule has 0 radical (unpaired) electrons. The van der Waals surface area contributed by atoms with Gasteiger partial charge >= 0.3 is 0 Å². The van der Waals surface area contributed by atoms with Gasteiger partial charge in [-0.2, -0.15) is 0 Å². The summed E-state index contributed by atoms with van der Waals surface area (Å²) in [6, 6.07) is 5.82. The van der Waals surface area contributed by atoms with Gasteiger partial charge in [-0.1, -0.05) is 11.6 Å². The number of aryl methyl sites for hydroxylation is 3. The first-order valence-electron chi connectivity index (χ1n) is 9.83. The molecule has 3 aromatic rings. The van der Waals surface area contributed by atoms with Crippen LogP contribution in [0.15, 0.2) is 27.9 Å². The number of aromatic nitrogens is 2. The number of aromatic amines is 1. The zero-order chi connectivity index (χ0) is 20.0. The number of carbonyl (C=O) groups is 1. The Balaban J connectivity index is 1.28. The Morgan fingerprint density at radius 3 is 3.14 bits per heavy atom. The topological polar surface area (TPSA) is 74.8 Å². The van der Waals surface area contributed by atoms with Gasteiger partial charge in [0.15, 0.2) is 0 Å². The lowest BCUT2D eigenvalue weighted by molar-refractivity contribution is -0.121. The fraction of sp³-hybridized carbons (Fsp3) is 0.381. The Morgan fingerprint density at radius 1 is 1.34 bits per heavy atom. The summed E-state index contributed by atoms with van der Waals surface area (Å²) in [5.41, 5.74) is 2.19. The molecule has 29 heavy (non-hydrogen) atoms. The molecule has 0 saturated carbocycles. The monoisotopic (exact) mass is 445 g/mol. The van der Waals surface area contributed by atoms with Crippen molar-refractivity contribution in [3.8, 4) is 0 Å². The van der Waals surface area contributed by atoms with Crippen LogP contribution in [0.5, 0.6) is 0 Å². The van der Waals surface area contributed by atoms with Crippen LogP contribution in [0.1, 0.15) is 47.1 Å². The average Bonchev–Trinajstić information content (AvgIpc) is 3.27. The molecule has 2 aromatic heterocycles. The predicted octanol–water partition coefficient (Wildman–Crippen LogP) is 4.41. The van der Waals surface area contributed by atoms with Crippen molar-refractivity contribution in [3.63, 3.8) is 0 Å². The Hall–Kier alpha value is -1.83. The van der Waals surface area contributed by atoms with E-state index in [-0.39, 0.29) is 17.5 Å². The number of benzene rings is 1. The number of H-pyrrole nitrogens is 1. The van der Waals surface area contributed by atoms with Crippen molar-refractivity contribution < 1.29 is 4.79 Å². The quantitative estimate of drug-likeness (QED) is 0.623. The summed E-state index contributed by atoms with van der Waals surface area (Å²) in [4.78, 5) is 35.9. The predicted molar refractivity (Wildman–Crippen MR) is 118 cm³/mol. The minimum atomic E-state index is -0.0716. The van der Waals surface area contributed by atoms with Gasteiger partial charge in [0, 0.05) is 33.4 Å². The summed E-state index contributed by atoms with van der Waals surface area (Å²) >= 11 is 9.56.